The second-order valence-electron chi connectivity index (χ2n) is 6.16. The molecule has 2 atom stereocenters. The third kappa shape index (κ3) is 3.95. The number of hydrogen-bond acceptors (Lipinski definition) is 3. The fourth-order valence-electron chi connectivity index (χ4n) is 1.31. The smallest absolute Gasteiger partial charge is 0.325 e. The molecule has 6 heteroatoms. The molecule has 0 saturated carbocycles. The van der Waals surface area contributed by atoms with Gasteiger partial charge >= 0.3 is 11.9 Å². The number of halogens is 2. The van der Waals surface area contributed by atoms with Gasteiger partial charge in [-0.1, -0.05) is 52.6 Å². The first kappa shape index (κ1) is 17.9. The van der Waals surface area contributed by atoms with E-state index in [1.807, 2.05) is 0 Å². The predicted molar refractivity (Wildman–Crippen MR) is 77.3 cm³/mol. The zero-order valence-electron chi connectivity index (χ0n) is 11.5. The van der Waals surface area contributed by atoms with Crippen LogP contribution in [-0.2, 0) is 14.3 Å². The first-order valence-corrected chi connectivity index (χ1v) is 7.23. The molecule has 0 aromatic heterocycles. The summed E-state index contributed by atoms with van der Waals surface area (Å²) >= 11 is 6.35. The Morgan fingerprint density at radius 2 is 1.50 bits per heavy atom. The number of carbonyl (C=O) groups excluding carboxylic acids is 1. The summed E-state index contributed by atoms with van der Waals surface area (Å²) in [5.74, 6) is -1.71. The van der Waals surface area contributed by atoms with Gasteiger partial charge in [0.05, 0.1) is 0 Å². The fraction of sp³-hybridized carbons (Fsp3) is 0.833. The molecule has 0 heterocycles. The van der Waals surface area contributed by atoms with Gasteiger partial charge in [-0.05, 0) is 26.2 Å². The second kappa shape index (κ2) is 5.49. The van der Waals surface area contributed by atoms with Gasteiger partial charge in [-0.25, -0.2) is 0 Å². The van der Waals surface area contributed by atoms with Crippen molar-refractivity contribution in [2.24, 2.45) is 5.41 Å². The number of hydrogen-bond donors (Lipinski definition) is 1. The van der Waals surface area contributed by atoms with Crippen LogP contribution in [0, 0.1) is 5.41 Å². The molecule has 18 heavy (non-hydrogen) atoms. The first-order chi connectivity index (χ1) is 7.73. The van der Waals surface area contributed by atoms with Crippen molar-refractivity contribution in [1.82, 2.24) is 0 Å². The Morgan fingerprint density at radius 1 is 1.11 bits per heavy atom. The lowest BCUT2D eigenvalue weighted by Gasteiger charge is -2.40. The van der Waals surface area contributed by atoms with Gasteiger partial charge in [-0.2, -0.15) is 0 Å². The van der Waals surface area contributed by atoms with Gasteiger partial charge < -0.3 is 9.84 Å². The summed E-state index contributed by atoms with van der Waals surface area (Å²) in [7, 11) is 0. The quantitative estimate of drug-likeness (QED) is 0.595. The molecule has 0 aliphatic carbocycles. The van der Waals surface area contributed by atoms with Crippen LogP contribution in [0.2, 0.25) is 0 Å². The number of alkyl halides is 2. The first-order valence-electron chi connectivity index (χ1n) is 5.52. The molecule has 0 aromatic rings. The molecule has 2 unspecified atom stereocenters. The molecular weight excluding hydrogens is 368 g/mol. The van der Waals surface area contributed by atoms with Crippen molar-refractivity contribution in [3.8, 4) is 0 Å². The van der Waals surface area contributed by atoms with E-state index in [1.165, 1.54) is 0 Å². The number of carbonyl (C=O) groups is 2. The maximum Gasteiger partial charge on any atom is 0.325 e. The number of carboxylic acid groups (broad SMARTS) is 1. The standard InChI is InChI=1S/C12H20Br2O4/c1-10(2,3)12(14,7(13)8(15)16)9(17)18-11(4,5)6/h7H,1-6H3,(H,15,16). The van der Waals surface area contributed by atoms with Gasteiger partial charge in [0.2, 0.25) is 0 Å². The lowest BCUT2D eigenvalue weighted by molar-refractivity contribution is -0.163. The summed E-state index contributed by atoms with van der Waals surface area (Å²) in [4.78, 5) is 22.4. The Hall–Kier alpha value is -0.100. The Bertz CT molecular complexity index is 341. The van der Waals surface area contributed by atoms with E-state index in [0.717, 1.165) is 0 Å². The number of aliphatic carboxylic acids is 1. The third-order valence-electron chi connectivity index (χ3n) is 2.35. The molecule has 0 radical (unpaired) electrons. The van der Waals surface area contributed by atoms with Crippen molar-refractivity contribution in [1.29, 1.82) is 0 Å². The van der Waals surface area contributed by atoms with Crippen LogP contribution in [0.4, 0.5) is 0 Å². The zero-order chi connectivity index (χ0) is 14.9. The average molecular weight is 388 g/mol. The molecule has 0 aliphatic heterocycles. The van der Waals surface area contributed by atoms with Gasteiger partial charge in [0.25, 0.3) is 0 Å². The number of rotatable bonds is 3. The van der Waals surface area contributed by atoms with E-state index in [2.05, 4.69) is 31.9 Å². The Labute approximate surface area is 125 Å². The van der Waals surface area contributed by atoms with Crippen molar-refractivity contribution in [2.45, 2.75) is 56.3 Å². The molecule has 4 nitrogen and oxygen atoms in total. The van der Waals surface area contributed by atoms with Gasteiger partial charge in [-0.15, -0.1) is 0 Å². The Balaban J connectivity index is 5.51. The molecule has 106 valence electrons. The monoisotopic (exact) mass is 386 g/mol. The van der Waals surface area contributed by atoms with Crippen molar-refractivity contribution in [2.75, 3.05) is 0 Å². The van der Waals surface area contributed by atoms with Crippen molar-refractivity contribution in [3.63, 3.8) is 0 Å². The SMILES string of the molecule is CC(C)(C)OC(=O)C(Br)(C(Br)C(=O)O)C(C)(C)C. The van der Waals surface area contributed by atoms with E-state index in [0.29, 0.717) is 0 Å². The number of ether oxygens (including phenoxy) is 1. The molecule has 0 bridgehead atoms. The molecule has 0 fully saturated rings. The maximum absolute atomic E-state index is 12.3. The number of esters is 1. The molecule has 0 aliphatic rings. The van der Waals surface area contributed by atoms with Crippen molar-refractivity contribution < 1.29 is 19.4 Å². The van der Waals surface area contributed by atoms with Crippen LogP contribution in [0.3, 0.4) is 0 Å². The molecule has 0 amide bonds. The van der Waals surface area contributed by atoms with E-state index >= 15 is 0 Å². The highest BCUT2D eigenvalue weighted by Crippen LogP contribution is 2.45. The van der Waals surface area contributed by atoms with Crippen LogP contribution >= 0.6 is 31.9 Å². The van der Waals surface area contributed by atoms with E-state index in [9.17, 15) is 9.59 Å². The van der Waals surface area contributed by atoms with E-state index in [1.54, 1.807) is 41.5 Å². The Morgan fingerprint density at radius 3 is 1.72 bits per heavy atom. The van der Waals surface area contributed by atoms with Crippen LogP contribution in [0.25, 0.3) is 0 Å². The van der Waals surface area contributed by atoms with Gasteiger partial charge in [-0.3, -0.25) is 9.59 Å². The van der Waals surface area contributed by atoms with Crippen LogP contribution < -0.4 is 0 Å². The summed E-state index contributed by atoms with van der Waals surface area (Å²) in [5.41, 5.74) is -1.31. The van der Waals surface area contributed by atoms with E-state index < -0.39 is 32.1 Å². The van der Waals surface area contributed by atoms with Crippen LogP contribution in [-0.4, -0.2) is 31.8 Å². The average Bonchev–Trinajstić information content (AvgIpc) is 2.10. The van der Waals surface area contributed by atoms with E-state index in [-0.39, 0.29) is 0 Å². The summed E-state index contributed by atoms with van der Waals surface area (Å²) in [6, 6.07) is 0. The minimum atomic E-state index is -1.35. The van der Waals surface area contributed by atoms with Crippen LogP contribution in [0.15, 0.2) is 0 Å². The molecule has 0 rings (SSSR count). The lowest BCUT2D eigenvalue weighted by atomic mass is 9.78. The van der Waals surface area contributed by atoms with Crippen LogP contribution in [0.1, 0.15) is 41.5 Å². The molecule has 1 N–H and O–H groups in total. The molecule has 0 saturated heterocycles. The third-order valence-corrected chi connectivity index (χ3v) is 6.02. The Kier molecular flexibility index (Phi) is 5.46. The van der Waals surface area contributed by atoms with Gasteiger partial charge in [0.15, 0.2) is 4.32 Å². The zero-order valence-corrected chi connectivity index (χ0v) is 14.7. The minimum absolute atomic E-state index is 0.591. The summed E-state index contributed by atoms with van der Waals surface area (Å²) < 4.78 is 3.97. The summed E-state index contributed by atoms with van der Waals surface area (Å²) in [6.07, 6.45) is 0. The fourth-order valence-corrected chi connectivity index (χ4v) is 2.46. The lowest BCUT2D eigenvalue weighted by Crippen LogP contribution is -2.56. The molecule has 0 spiro atoms. The summed E-state index contributed by atoms with van der Waals surface area (Å²) in [5, 5.41) is 9.14. The topological polar surface area (TPSA) is 63.6 Å². The minimum Gasteiger partial charge on any atom is -0.480 e. The highest BCUT2D eigenvalue weighted by Gasteiger charge is 2.56. The largest absolute Gasteiger partial charge is 0.480 e. The number of carboxylic acids is 1. The molecular formula is C12H20Br2O4. The van der Waals surface area contributed by atoms with Crippen molar-refractivity contribution >= 4 is 43.8 Å². The maximum atomic E-state index is 12.3. The summed E-state index contributed by atoms with van der Waals surface area (Å²) in [6.45, 7) is 10.6. The van der Waals surface area contributed by atoms with Gasteiger partial charge in [0.1, 0.15) is 10.4 Å². The predicted octanol–water partition coefficient (Wildman–Crippen LogP) is 3.36. The van der Waals surface area contributed by atoms with Crippen molar-refractivity contribution in [3.05, 3.63) is 0 Å². The highest BCUT2D eigenvalue weighted by atomic mass is 79.9. The van der Waals surface area contributed by atoms with Gasteiger partial charge in [0, 0.05) is 0 Å². The second-order valence-corrected chi connectivity index (χ2v) is 8.33. The highest BCUT2D eigenvalue weighted by molar-refractivity contribution is 9.13. The van der Waals surface area contributed by atoms with Crippen LogP contribution in [0.5, 0.6) is 0 Å². The van der Waals surface area contributed by atoms with E-state index in [4.69, 9.17) is 9.84 Å². The normalized spacial score (nSPS) is 17.8. The molecule has 0 aromatic carbocycles.